The molecule has 0 saturated carbocycles. The van der Waals surface area contributed by atoms with Crippen LogP contribution in [0.1, 0.15) is 19.4 Å². The van der Waals surface area contributed by atoms with E-state index < -0.39 is 0 Å². The molecule has 24 heavy (non-hydrogen) atoms. The molecule has 0 bridgehead atoms. The summed E-state index contributed by atoms with van der Waals surface area (Å²) in [6.07, 6.45) is 0. The second-order valence-electron chi connectivity index (χ2n) is 5.70. The van der Waals surface area contributed by atoms with Crippen molar-refractivity contribution in [2.45, 2.75) is 20.8 Å². The molecule has 0 aliphatic heterocycles. The van der Waals surface area contributed by atoms with Crippen LogP contribution in [-0.4, -0.2) is 18.1 Å². The molecule has 0 spiro atoms. The lowest BCUT2D eigenvalue weighted by atomic mass is 10.1. The van der Waals surface area contributed by atoms with Gasteiger partial charge in [0, 0.05) is 35.4 Å². The van der Waals surface area contributed by atoms with Crippen molar-refractivity contribution in [3.05, 3.63) is 59.5 Å². The fourth-order valence-electron chi connectivity index (χ4n) is 2.76. The molecule has 1 aromatic heterocycles. The summed E-state index contributed by atoms with van der Waals surface area (Å²) in [5.74, 6) is 0. The van der Waals surface area contributed by atoms with Gasteiger partial charge in [0.05, 0.1) is 5.69 Å². The number of aromatic nitrogens is 1. The van der Waals surface area contributed by atoms with Crippen LogP contribution in [0, 0.1) is 6.92 Å². The third-order valence-corrected chi connectivity index (χ3v) is 4.91. The maximum Gasteiger partial charge on any atom is 0.187 e. The molecule has 3 aromatic rings. The average Bonchev–Trinajstić information content (AvgIpc) is 3.08. The van der Waals surface area contributed by atoms with Crippen molar-refractivity contribution in [1.82, 2.24) is 4.98 Å². The Morgan fingerprint density at radius 1 is 1.04 bits per heavy atom. The second-order valence-corrected chi connectivity index (χ2v) is 6.56. The van der Waals surface area contributed by atoms with E-state index in [1.807, 2.05) is 18.2 Å². The molecular weight excluding hydrogens is 314 g/mol. The molecule has 4 heteroatoms. The molecule has 1 N–H and O–H groups in total. The van der Waals surface area contributed by atoms with E-state index in [1.165, 1.54) is 11.3 Å². The third kappa shape index (κ3) is 3.60. The summed E-state index contributed by atoms with van der Waals surface area (Å²) in [5, 5.41) is 6.47. The molecule has 0 atom stereocenters. The molecule has 0 aliphatic carbocycles. The summed E-state index contributed by atoms with van der Waals surface area (Å²) in [6.45, 7) is 8.56. The molecule has 0 unspecified atom stereocenters. The highest BCUT2D eigenvalue weighted by atomic mass is 32.1. The summed E-state index contributed by atoms with van der Waals surface area (Å²) >= 11 is 1.63. The van der Waals surface area contributed by atoms with E-state index in [1.54, 1.807) is 11.3 Å². The quantitative estimate of drug-likeness (QED) is 0.624. The maximum absolute atomic E-state index is 4.70. The second kappa shape index (κ2) is 7.49. The molecule has 0 saturated heterocycles. The summed E-state index contributed by atoms with van der Waals surface area (Å²) < 4.78 is 0. The van der Waals surface area contributed by atoms with Gasteiger partial charge in [0.1, 0.15) is 0 Å². The number of nitrogens with zero attached hydrogens (tertiary/aromatic N) is 2. The van der Waals surface area contributed by atoms with E-state index in [9.17, 15) is 0 Å². The van der Waals surface area contributed by atoms with Crippen LogP contribution in [0.5, 0.6) is 0 Å². The van der Waals surface area contributed by atoms with Crippen LogP contribution in [0.3, 0.4) is 0 Å². The van der Waals surface area contributed by atoms with Crippen LogP contribution in [0.25, 0.3) is 11.3 Å². The number of nitrogens with one attached hydrogen (secondary N) is 1. The summed E-state index contributed by atoms with van der Waals surface area (Å²) in [4.78, 5) is 7.06. The Bertz CT molecular complexity index is 792. The van der Waals surface area contributed by atoms with Gasteiger partial charge in [-0.05, 0) is 44.5 Å². The Morgan fingerprint density at radius 2 is 1.79 bits per heavy atom. The van der Waals surface area contributed by atoms with E-state index in [0.29, 0.717) is 0 Å². The smallest absolute Gasteiger partial charge is 0.187 e. The van der Waals surface area contributed by atoms with Crippen molar-refractivity contribution in [3.8, 4) is 11.3 Å². The zero-order valence-corrected chi connectivity index (χ0v) is 15.2. The monoisotopic (exact) mass is 337 g/mol. The molecule has 2 aromatic carbocycles. The lowest BCUT2D eigenvalue weighted by molar-refractivity contribution is 0.866. The number of thiazole rings is 1. The van der Waals surface area contributed by atoms with Crippen LogP contribution >= 0.6 is 11.3 Å². The van der Waals surface area contributed by atoms with Crippen LogP contribution in [0.2, 0.25) is 0 Å². The Hall–Kier alpha value is -2.33. The standard InChI is InChI=1S/C20H23N3S/c1-4-23(5-2)17-11-12-18(15(3)13-17)21-20-22-19(14-24-20)16-9-7-6-8-10-16/h6-14H,4-5H2,1-3H3,(H,21,22). The fourth-order valence-corrected chi connectivity index (χ4v) is 3.49. The molecule has 124 valence electrons. The lowest BCUT2D eigenvalue weighted by Gasteiger charge is -2.22. The van der Waals surface area contributed by atoms with Gasteiger partial charge in [-0.2, -0.15) is 0 Å². The number of rotatable bonds is 6. The molecule has 3 nitrogen and oxygen atoms in total. The van der Waals surface area contributed by atoms with Gasteiger partial charge >= 0.3 is 0 Å². The minimum absolute atomic E-state index is 0.924. The minimum atomic E-state index is 0.924. The Morgan fingerprint density at radius 3 is 2.46 bits per heavy atom. The first kappa shape index (κ1) is 16.5. The normalized spacial score (nSPS) is 10.6. The first-order chi connectivity index (χ1) is 11.7. The van der Waals surface area contributed by atoms with Crippen molar-refractivity contribution in [1.29, 1.82) is 0 Å². The maximum atomic E-state index is 4.70. The molecule has 1 heterocycles. The summed E-state index contributed by atoms with van der Waals surface area (Å²) in [7, 11) is 0. The zero-order chi connectivity index (χ0) is 16.9. The van der Waals surface area contributed by atoms with E-state index in [2.05, 4.69) is 66.7 Å². The van der Waals surface area contributed by atoms with Crippen molar-refractivity contribution >= 4 is 27.8 Å². The molecule has 0 fully saturated rings. The average molecular weight is 337 g/mol. The molecule has 0 aliphatic rings. The highest BCUT2D eigenvalue weighted by molar-refractivity contribution is 7.14. The highest BCUT2D eigenvalue weighted by Crippen LogP contribution is 2.29. The van der Waals surface area contributed by atoms with Gasteiger partial charge in [-0.15, -0.1) is 11.3 Å². The Balaban J connectivity index is 1.78. The Kier molecular flexibility index (Phi) is 5.16. The SMILES string of the molecule is CCN(CC)c1ccc(Nc2nc(-c3ccccc3)cs2)c(C)c1. The molecule has 0 amide bonds. The van der Waals surface area contributed by atoms with Crippen LogP contribution in [0.4, 0.5) is 16.5 Å². The molecule has 3 rings (SSSR count). The lowest BCUT2D eigenvalue weighted by Crippen LogP contribution is -2.21. The first-order valence-corrected chi connectivity index (χ1v) is 9.22. The summed E-state index contributed by atoms with van der Waals surface area (Å²) in [6, 6.07) is 16.8. The van der Waals surface area contributed by atoms with Crippen LogP contribution in [-0.2, 0) is 0 Å². The first-order valence-electron chi connectivity index (χ1n) is 8.34. The molecular formula is C20H23N3S. The van der Waals surface area contributed by atoms with Gasteiger partial charge in [-0.1, -0.05) is 30.3 Å². The topological polar surface area (TPSA) is 28.2 Å². The number of anilines is 3. The number of hydrogen-bond acceptors (Lipinski definition) is 4. The van der Waals surface area contributed by atoms with Crippen molar-refractivity contribution in [2.24, 2.45) is 0 Å². The van der Waals surface area contributed by atoms with Gasteiger partial charge < -0.3 is 10.2 Å². The zero-order valence-electron chi connectivity index (χ0n) is 14.4. The Labute approximate surface area is 148 Å². The third-order valence-electron chi connectivity index (χ3n) is 4.15. The predicted octanol–water partition coefficient (Wildman–Crippen LogP) is 5.71. The summed E-state index contributed by atoms with van der Waals surface area (Å²) in [5.41, 5.74) is 5.78. The van der Waals surface area contributed by atoms with E-state index >= 15 is 0 Å². The van der Waals surface area contributed by atoms with E-state index in [0.717, 1.165) is 35.2 Å². The number of hydrogen-bond donors (Lipinski definition) is 1. The minimum Gasteiger partial charge on any atom is -0.372 e. The van der Waals surface area contributed by atoms with Crippen molar-refractivity contribution in [3.63, 3.8) is 0 Å². The number of aryl methyl sites for hydroxylation is 1. The van der Waals surface area contributed by atoms with Crippen LogP contribution in [0.15, 0.2) is 53.9 Å². The fraction of sp³-hybridized carbons (Fsp3) is 0.250. The van der Waals surface area contributed by atoms with Gasteiger partial charge in [0.15, 0.2) is 5.13 Å². The van der Waals surface area contributed by atoms with Gasteiger partial charge in [0.2, 0.25) is 0 Å². The van der Waals surface area contributed by atoms with E-state index in [4.69, 9.17) is 4.98 Å². The number of benzene rings is 2. The van der Waals surface area contributed by atoms with Gasteiger partial charge in [-0.25, -0.2) is 4.98 Å². The predicted molar refractivity (Wildman–Crippen MR) is 106 cm³/mol. The van der Waals surface area contributed by atoms with Gasteiger partial charge in [-0.3, -0.25) is 0 Å². The van der Waals surface area contributed by atoms with E-state index in [-0.39, 0.29) is 0 Å². The largest absolute Gasteiger partial charge is 0.372 e. The van der Waals surface area contributed by atoms with Crippen LogP contribution < -0.4 is 10.2 Å². The van der Waals surface area contributed by atoms with Crippen molar-refractivity contribution in [2.75, 3.05) is 23.3 Å². The molecule has 0 radical (unpaired) electrons. The highest BCUT2D eigenvalue weighted by Gasteiger charge is 2.08. The van der Waals surface area contributed by atoms with Gasteiger partial charge in [0.25, 0.3) is 0 Å². The van der Waals surface area contributed by atoms with Crippen molar-refractivity contribution < 1.29 is 0 Å².